The van der Waals surface area contributed by atoms with Gasteiger partial charge in [0.05, 0.1) is 6.20 Å². The molecule has 4 heteroatoms. The van der Waals surface area contributed by atoms with E-state index < -0.39 is 0 Å². The fourth-order valence-corrected chi connectivity index (χ4v) is 1.84. The summed E-state index contributed by atoms with van der Waals surface area (Å²) in [5.74, 6) is 2.77. The first-order chi connectivity index (χ1) is 10.3. The Bertz CT molecular complexity index is 690. The zero-order valence-corrected chi connectivity index (χ0v) is 11.7. The average Bonchev–Trinajstić information content (AvgIpc) is 3.01. The summed E-state index contributed by atoms with van der Waals surface area (Å²) < 4.78 is 16.5. The third-order valence-electron chi connectivity index (χ3n) is 2.91. The van der Waals surface area contributed by atoms with Gasteiger partial charge in [-0.3, -0.25) is 0 Å². The van der Waals surface area contributed by atoms with Gasteiger partial charge in [0.15, 0.2) is 6.61 Å². The highest BCUT2D eigenvalue weighted by Crippen LogP contribution is 2.25. The van der Waals surface area contributed by atoms with Gasteiger partial charge in [-0.1, -0.05) is 23.8 Å². The van der Waals surface area contributed by atoms with E-state index in [1.807, 2.05) is 55.5 Å². The van der Waals surface area contributed by atoms with Crippen LogP contribution >= 0.6 is 0 Å². The van der Waals surface area contributed by atoms with E-state index in [1.54, 1.807) is 6.20 Å². The Morgan fingerprint density at radius 1 is 1.00 bits per heavy atom. The minimum Gasteiger partial charge on any atom is -0.484 e. The van der Waals surface area contributed by atoms with Crippen molar-refractivity contribution in [1.29, 1.82) is 0 Å². The second-order valence-electron chi connectivity index (χ2n) is 4.60. The second-order valence-corrected chi connectivity index (χ2v) is 4.60. The average molecular weight is 281 g/mol. The van der Waals surface area contributed by atoms with Gasteiger partial charge in [0, 0.05) is 6.07 Å². The van der Waals surface area contributed by atoms with E-state index in [-0.39, 0.29) is 0 Å². The molecule has 0 aliphatic rings. The molecule has 0 saturated carbocycles. The summed E-state index contributed by atoms with van der Waals surface area (Å²) in [6, 6.07) is 15.4. The minimum atomic E-state index is 0.293. The van der Waals surface area contributed by atoms with Crippen LogP contribution in [-0.2, 0) is 6.61 Å². The maximum Gasteiger partial charge on any atom is 0.232 e. The molecule has 0 aliphatic heterocycles. The highest BCUT2D eigenvalue weighted by atomic mass is 16.5. The molecule has 2 aromatic carbocycles. The van der Waals surface area contributed by atoms with Crippen LogP contribution in [0.1, 0.15) is 11.5 Å². The molecule has 106 valence electrons. The molecule has 3 aromatic rings. The van der Waals surface area contributed by atoms with Gasteiger partial charge in [0.2, 0.25) is 5.89 Å². The predicted octanol–water partition coefficient (Wildman–Crippen LogP) is 4.35. The Hall–Kier alpha value is -2.75. The SMILES string of the molecule is Cc1ccc(Oc2cccc(OCc3ncco3)c2)cc1. The van der Waals surface area contributed by atoms with E-state index >= 15 is 0 Å². The zero-order chi connectivity index (χ0) is 14.5. The molecule has 0 bridgehead atoms. The lowest BCUT2D eigenvalue weighted by Crippen LogP contribution is -1.95. The van der Waals surface area contributed by atoms with Crippen LogP contribution in [0.15, 0.2) is 65.4 Å². The lowest BCUT2D eigenvalue weighted by molar-refractivity contribution is 0.262. The van der Waals surface area contributed by atoms with Gasteiger partial charge >= 0.3 is 0 Å². The summed E-state index contributed by atoms with van der Waals surface area (Å²) in [5, 5.41) is 0. The largest absolute Gasteiger partial charge is 0.484 e. The van der Waals surface area contributed by atoms with Gasteiger partial charge in [-0.25, -0.2) is 4.98 Å². The van der Waals surface area contributed by atoms with Crippen LogP contribution in [0.5, 0.6) is 17.2 Å². The van der Waals surface area contributed by atoms with E-state index in [4.69, 9.17) is 13.9 Å². The Morgan fingerprint density at radius 2 is 1.81 bits per heavy atom. The monoisotopic (exact) mass is 281 g/mol. The topological polar surface area (TPSA) is 44.5 Å². The van der Waals surface area contributed by atoms with Crippen molar-refractivity contribution < 1.29 is 13.9 Å². The van der Waals surface area contributed by atoms with Crippen molar-refractivity contribution in [3.8, 4) is 17.2 Å². The normalized spacial score (nSPS) is 10.3. The highest BCUT2D eigenvalue weighted by Gasteiger charge is 2.02. The first kappa shape index (κ1) is 13.2. The van der Waals surface area contributed by atoms with Crippen molar-refractivity contribution in [3.05, 3.63) is 72.4 Å². The van der Waals surface area contributed by atoms with Crippen LogP contribution < -0.4 is 9.47 Å². The van der Waals surface area contributed by atoms with E-state index in [9.17, 15) is 0 Å². The maximum absolute atomic E-state index is 5.79. The molecule has 0 atom stereocenters. The molecular weight excluding hydrogens is 266 g/mol. The van der Waals surface area contributed by atoms with Crippen LogP contribution in [0.4, 0.5) is 0 Å². The Balaban J connectivity index is 1.66. The quantitative estimate of drug-likeness (QED) is 0.697. The summed E-state index contributed by atoms with van der Waals surface area (Å²) in [7, 11) is 0. The number of aromatic nitrogens is 1. The smallest absolute Gasteiger partial charge is 0.232 e. The molecule has 0 spiro atoms. The van der Waals surface area contributed by atoms with Crippen molar-refractivity contribution in [2.45, 2.75) is 13.5 Å². The number of aryl methyl sites for hydroxylation is 1. The Morgan fingerprint density at radius 3 is 2.57 bits per heavy atom. The number of ether oxygens (including phenoxy) is 2. The fourth-order valence-electron chi connectivity index (χ4n) is 1.84. The van der Waals surface area contributed by atoms with E-state index in [0.717, 1.165) is 11.5 Å². The van der Waals surface area contributed by atoms with Gasteiger partial charge < -0.3 is 13.9 Å². The number of benzene rings is 2. The second kappa shape index (κ2) is 6.13. The van der Waals surface area contributed by atoms with E-state index in [0.29, 0.717) is 18.2 Å². The summed E-state index contributed by atoms with van der Waals surface area (Å²) in [6.45, 7) is 2.34. The van der Waals surface area contributed by atoms with Crippen LogP contribution in [0, 0.1) is 6.92 Å². The number of oxazole rings is 1. The first-order valence-corrected chi connectivity index (χ1v) is 6.65. The molecule has 3 rings (SSSR count). The molecule has 0 N–H and O–H groups in total. The third kappa shape index (κ3) is 3.63. The van der Waals surface area contributed by atoms with Gasteiger partial charge in [-0.2, -0.15) is 0 Å². The maximum atomic E-state index is 5.79. The molecule has 21 heavy (non-hydrogen) atoms. The van der Waals surface area contributed by atoms with Crippen molar-refractivity contribution in [2.24, 2.45) is 0 Å². The summed E-state index contributed by atoms with van der Waals surface area (Å²) >= 11 is 0. The molecule has 4 nitrogen and oxygen atoms in total. The van der Waals surface area contributed by atoms with Gasteiger partial charge in [0.1, 0.15) is 23.5 Å². The lowest BCUT2D eigenvalue weighted by atomic mass is 10.2. The summed E-state index contributed by atoms with van der Waals surface area (Å²) in [4.78, 5) is 4.01. The van der Waals surface area contributed by atoms with E-state index in [1.165, 1.54) is 11.8 Å². The number of rotatable bonds is 5. The lowest BCUT2D eigenvalue weighted by Gasteiger charge is -2.08. The van der Waals surface area contributed by atoms with Crippen LogP contribution in [0.25, 0.3) is 0 Å². The summed E-state index contributed by atoms with van der Waals surface area (Å²) in [5.41, 5.74) is 1.20. The minimum absolute atomic E-state index is 0.293. The van der Waals surface area contributed by atoms with Gasteiger partial charge in [-0.15, -0.1) is 0 Å². The van der Waals surface area contributed by atoms with Gasteiger partial charge in [0.25, 0.3) is 0 Å². The van der Waals surface area contributed by atoms with Crippen LogP contribution in [-0.4, -0.2) is 4.98 Å². The molecule has 0 saturated heterocycles. The fraction of sp³-hybridized carbons (Fsp3) is 0.118. The molecule has 0 aliphatic carbocycles. The predicted molar refractivity (Wildman–Crippen MR) is 78.5 cm³/mol. The number of hydrogen-bond acceptors (Lipinski definition) is 4. The van der Waals surface area contributed by atoms with Crippen molar-refractivity contribution in [2.75, 3.05) is 0 Å². The molecule has 1 aromatic heterocycles. The number of hydrogen-bond donors (Lipinski definition) is 0. The molecule has 0 radical (unpaired) electrons. The summed E-state index contributed by atoms with van der Waals surface area (Å²) in [6.07, 6.45) is 3.12. The highest BCUT2D eigenvalue weighted by molar-refractivity contribution is 5.37. The zero-order valence-electron chi connectivity index (χ0n) is 11.7. The molecule has 1 heterocycles. The van der Waals surface area contributed by atoms with E-state index in [2.05, 4.69) is 4.98 Å². The molecular formula is C17H15NO3. The van der Waals surface area contributed by atoms with Crippen molar-refractivity contribution in [1.82, 2.24) is 4.98 Å². The number of nitrogens with zero attached hydrogens (tertiary/aromatic N) is 1. The Labute approximate surface area is 123 Å². The van der Waals surface area contributed by atoms with Crippen molar-refractivity contribution >= 4 is 0 Å². The van der Waals surface area contributed by atoms with Crippen molar-refractivity contribution in [3.63, 3.8) is 0 Å². The molecule has 0 unspecified atom stereocenters. The van der Waals surface area contributed by atoms with Crippen LogP contribution in [0.3, 0.4) is 0 Å². The molecule has 0 amide bonds. The standard InChI is InChI=1S/C17H15NO3/c1-13-5-7-14(8-6-13)21-16-4-2-3-15(11-16)20-12-17-18-9-10-19-17/h2-11H,12H2,1H3. The van der Waals surface area contributed by atoms with Gasteiger partial charge in [-0.05, 0) is 31.2 Å². The third-order valence-corrected chi connectivity index (χ3v) is 2.91. The van der Waals surface area contributed by atoms with Crippen LogP contribution in [0.2, 0.25) is 0 Å². The Kier molecular flexibility index (Phi) is 3.87. The first-order valence-electron chi connectivity index (χ1n) is 6.65. The molecule has 0 fully saturated rings.